The largest absolute Gasteiger partial charge is 0.464 e. The lowest BCUT2D eigenvalue weighted by Gasteiger charge is -2.09. The molecule has 5 heteroatoms. The van der Waals surface area contributed by atoms with E-state index in [2.05, 4.69) is 25.7 Å². The third-order valence-electron chi connectivity index (χ3n) is 2.50. The zero-order chi connectivity index (χ0) is 13.8. The van der Waals surface area contributed by atoms with Crippen molar-refractivity contribution in [2.24, 2.45) is 0 Å². The second-order valence-corrected chi connectivity index (χ2v) is 4.80. The second kappa shape index (κ2) is 5.84. The van der Waals surface area contributed by atoms with Crippen molar-refractivity contribution in [3.05, 3.63) is 52.3 Å². The molecule has 1 aromatic heterocycles. The number of halogens is 1. The molecule has 0 bridgehead atoms. The molecule has 0 unspecified atom stereocenters. The number of hydrogen-bond donors (Lipinski definition) is 0. The van der Waals surface area contributed by atoms with Gasteiger partial charge in [-0.25, -0.2) is 9.78 Å². The van der Waals surface area contributed by atoms with Crippen molar-refractivity contribution in [2.75, 3.05) is 7.11 Å². The third kappa shape index (κ3) is 3.32. The molecule has 0 N–H and O–H groups in total. The quantitative estimate of drug-likeness (QED) is 0.808. The minimum Gasteiger partial charge on any atom is -0.464 e. The number of methoxy groups -OCH3 is 1. The summed E-state index contributed by atoms with van der Waals surface area (Å²) < 4.78 is 11.3. The SMILES string of the molecule is COC(=O)c1cc(Oc2cc(Br)ccc2C)ccn1. The predicted molar refractivity (Wildman–Crippen MR) is 74.5 cm³/mol. The van der Waals surface area contributed by atoms with E-state index in [1.54, 1.807) is 12.1 Å². The highest BCUT2D eigenvalue weighted by Gasteiger charge is 2.09. The zero-order valence-corrected chi connectivity index (χ0v) is 12.1. The van der Waals surface area contributed by atoms with Crippen LogP contribution in [0.5, 0.6) is 11.5 Å². The van der Waals surface area contributed by atoms with Gasteiger partial charge in [0.15, 0.2) is 5.69 Å². The van der Waals surface area contributed by atoms with Crippen LogP contribution in [0.25, 0.3) is 0 Å². The number of carbonyl (C=O) groups is 1. The maximum Gasteiger partial charge on any atom is 0.356 e. The van der Waals surface area contributed by atoms with Crippen LogP contribution >= 0.6 is 15.9 Å². The summed E-state index contributed by atoms with van der Waals surface area (Å²) in [6.07, 6.45) is 1.51. The molecule has 0 atom stereocenters. The summed E-state index contributed by atoms with van der Waals surface area (Å²) in [6, 6.07) is 8.99. The summed E-state index contributed by atoms with van der Waals surface area (Å²) in [5.41, 5.74) is 1.22. The lowest BCUT2D eigenvalue weighted by molar-refractivity contribution is 0.0593. The number of aryl methyl sites for hydroxylation is 1. The van der Waals surface area contributed by atoms with Crippen LogP contribution in [0.1, 0.15) is 16.1 Å². The van der Waals surface area contributed by atoms with Gasteiger partial charge in [-0.05, 0) is 30.7 Å². The van der Waals surface area contributed by atoms with Gasteiger partial charge in [-0.2, -0.15) is 0 Å². The number of nitrogens with zero attached hydrogens (tertiary/aromatic N) is 1. The topological polar surface area (TPSA) is 48.4 Å². The molecule has 4 nitrogen and oxygen atoms in total. The van der Waals surface area contributed by atoms with E-state index in [9.17, 15) is 4.79 Å². The summed E-state index contributed by atoms with van der Waals surface area (Å²) in [6.45, 7) is 1.95. The number of ether oxygens (including phenoxy) is 2. The third-order valence-corrected chi connectivity index (χ3v) is 3.00. The van der Waals surface area contributed by atoms with Gasteiger partial charge in [-0.15, -0.1) is 0 Å². The lowest BCUT2D eigenvalue weighted by Crippen LogP contribution is -2.03. The van der Waals surface area contributed by atoms with Crippen molar-refractivity contribution in [1.29, 1.82) is 0 Å². The summed E-state index contributed by atoms with van der Waals surface area (Å²) >= 11 is 3.39. The molecule has 1 heterocycles. The molecule has 98 valence electrons. The van der Waals surface area contributed by atoms with Gasteiger partial charge >= 0.3 is 5.97 Å². The second-order valence-electron chi connectivity index (χ2n) is 3.88. The molecule has 2 rings (SSSR count). The van der Waals surface area contributed by atoms with Gasteiger partial charge in [-0.1, -0.05) is 22.0 Å². The van der Waals surface area contributed by atoms with Crippen LogP contribution in [0.4, 0.5) is 0 Å². The number of aromatic nitrogens is 1. The van der Waals surface area contributed by atoms with Crippen LogP contribution in [0.3, 0.4) is 0 Å². The number of carbonyl (C=O) groups excluding carboxylic acids is 1. The average Bonchev–Trinajstić information content (AvgIpc) is 2.42. The van der Waals surface area contributed by atoms with Gasteiger partial charge in [0.2, 0.25) is 0 Å². The molecule has 0 aliphatic heterocycles. The van der Waals surface area contributed by atoms with Crippen LogP contribution in [0.15, 0.2) is 41.0 Å². The summed E-state index contributed by atoms with van der Waals surface area (Å²) in [5, 5.41) is 0. The minimum absolute atomic E-state index is 0.215. The molecule has 0 spiro atoms. The van der Waals surface area contributed by atoms with E-state index >= 15 is 0 Å². The van der Waals surface area contributed by atoms with Crippen molar-refractivity contribution < 1.29 is 14.3 Å². The molecule has 2 aromatic rings. The first kappa shape index (κ1) is 13.5. The molecule has 0 saturated carbocycles. The first-order valence-corrected chi connectivity index (χ1v) is 6.38. The van der Waals surface area contributed by atoms with Crippen LogP contribution in [0, 0.1) is 6.92 Å². The van der Waals surface area contributed by atoms with Gasteiger partial charge in [0.1, 0.15) is 11.5 Å². The fourth-order valence-corrected chi connectivity index (χ4v) is 1.84. The van der Waals surface area contributed by atoms with Crippen molar-refractivity contribution in [3.8, 4) is 11.5 Å². The van der Waals surface area contributed by atoms with Gasteiger partial charge in [0.05, 0.1) is 7.11 Å². The first-order valence-electron chi connectivity index (χ1n) is 5.58. The fourth-order valence-electron chi connectivity index (χ4n) is 1.50. The van der Waals surface area contributed by atoms with Crippen LogP contribution in [-0.2, 0) is 4.74 Å². The Bertz CT molecular complexity index is 613. The van der Waals surface area contributed by atoms with E-state index in [0.29, 0.717) is 5.75 Å². The zero-order valence-electron chi connectivity index (χ0n) is 10.5. The van der Waals surface area contributed by atoms with Gasteiger partial charge in [0, 0.05) is 16.7 Å². The molecular weight excluding hydrogens is 310 g/mol. The van der Waals surface area contributed by atoms with E-state index in [-0.39, 0.29) is 5.69 Å². The summed E-state index contributed by atoms with van der Waals surface area (Å²) in [4.78, 5) is 15.3. The molecule has 0 amide bonds. The molecule has 1 aromatic carbocycles. The number of pyridine rings is 1. The predicted octanol–water partition coefficient (Wildman–Crippen LogP) is 3.73. The maximum absolute atomic E-state index is 11.4. The normalized spacial score (nSPS) is 10.1. The maximum atomic E-state index is 11.4. The monoisotopic (exact) mass is 321 g/mol. The van der Waals surface area contributed by atoms with Crippen molar-refractivity contribution >= 4 is 21.9 Å². The summed E-state index contributed by atoms with van der Waals surface area (Å²) in [5.74, 6) is 0.768. The van der Waals surface area contributed by atoms with Crippen molar-refractivity contribution in [3.63, 3.8) is 0 Å². The van der Waals surface area contributed by atoms with Crippen molar-refractivity contribution in [1.82, 2.24) is 4.98 Å². The smallest absolute Gasteiger partial charge is 0.356 e. The van der Waals surface area contributed by atoms with E-state index in [0.717, 1.165) is 15.8 Å². The lowest BCUT2D eigenvalue weighted by atomic mass is 10.2. The van der Waals surface area contributed by atoms with Gasteiger partial charge in [-0.3, -0.25) is 0 Å². The Morgan fingerprint density at radius 1 is 1.26 bits per heavy atom. The Labute approximate surface area is 119 Å². The van der Waals surface area contributed by atoms with E-state index in [4.69, 9.17) is 4.74 Å². The highest BCUT2D eigenvalue weighted by atomic mass is 79.9. The Kier molecular flexibility index (Phi) is 4.16. The average molecular weight is 322 g/mol. The standard InChI is InChI=1S/C14H12BrNO3/c1-9-3-4-10(15)7-13(9)19-11-5-6-16-12(8-11)14(17)18-2/h3-8H,1-2H3. The highest BCUT2D eigenvalue weighted by molar-refractivity contribution is 9.10. The molecular formula is C14H12BrNO3. The molecule has 0 radical (unpaired) electrons. The number of esters is 1. The highest BCUT2D eigenvalue weighted by Crippen LogP contribution is 2.28. The van der Waals surface area contributed by atoms with Crippen LogP contribution in [-0.4, -0.2) is 18.1 Å². The number of hydrogen-bond acceptors (Lipinski definition) is 4. The van der Waals surface area contributed by atoms with Gasteiger partial charge in [0.25, 0.3) is 0 Å². The molecule has 0 fully saturated rings. The molecule has 0 aliphatic carbocycles. The first-order chi connectivity index (χ1) is 9.10. The van der Waals surface area contributed by atoms with Crippen LogP contribution in [0.2, 0.25) is 0 Å². The van der Waals surface area contributed by atoms with E-state index in [1.807, 2.05) is 25.1 Å². The summed E-state index contributed by atoms with van der Waals surface area (Å²) in [7, 11) is 1.32. The Morgan fingerprint density at radius 3 is 2.79 bits per heavy atom. The van der Waals surface area contributed by atoms with Crippen molar-refractivity contribution in [2.45, 2.75) is 6.92 Å². The Balaban J connectivity index is 2.28. The fraction of sp³-hybridized carbons (Fsp3) is 0.143. The van der Waals surface area contributed by atoms with E-state index < -0.39 is 5.97 Å². The van der Waals surface area contributed by atoms with Crippen LogP contribution < -0.4 is 4.74 Å². The Morgan fingerprint density at radius 2 is 2.05 bits per heavy atom. The minimum atomic E-state index is -0.489. The molecule has 0 aliphatic rings. The number of benzene rings is 1. The number of rotatable bonds is 3. The Hall–Kier alpha value is -1.88. The molecule has 0 saturated heterocycles. The van der Waals surface area contributed by atoms with E-state index in [1.165, 1.54) is 13.3 Å². The van der Waals surface area contributed by atoms with Gasteiger partial charge < -0.3 is 9.47 Å². The molecule has 19 heavy (non-hydrogen) atoms.